The topological polar surface area (TPSA) is 49.4 Å². The van der Waals surface area contributed by atoms with E-state index in [-0.39, 0.29) is 17.7 Å². The van der Waals surface area contributed by atoms with E-state index in [9.17, 15) is 9.59 Å². The summed E-state index contributed by atoms with van der Waals surface area (Å²) in [4.78, 5) is 25.5. The normalized spacial score (nSPS) is 22.6. The van der Waals surface area contributed by atoms with Crippen molar-refractivity contribution in [1.82, 2.24) is 10.2 Å². The summed E-state index contributed by atoms with van der Waals surface area (Å²) < 4.78 is 0. The molecule has 1 atom stereocenters. The van der Waals surface area contributed by atoms with Crippen LogP contribution in [0, 0.1) is 5.92 Å². The minimum absolute atomic E-state index is 0.0389. The molecule has 2 heterocycles. The number of hydrogen-bond donors (Lipinski definition) is 1. The van der Waals surface area contributed by atoms with Crippen molar-refractivity contribution in [2.24, 2.45) is 5.92 Å². The zero-order chi connectivity index (χ0) is 13.2. The summed E-state index contributed by atoms with van der Waals surface area (Å²) in [6.07, 6.45) is 2.09. The van der Waals surface area contributed by atoms with Gasteiger partial charge in [0.15, 0.2) is 0 Å². The van der Waals surface area contributed by atoms with E-state index in [1.165, 1.54) is 11.1 Å². The van der Waals surface area contributed by atoms with Crippen LogP contribution in [0.4, 0.5) is 0 Å². The number of amides is 2. The zero-order valence-corrected chi connectivity index (χ0v) is 10.9. The van der Waals surface area contributed by atoms with Crippen LogP contribution in [0.2, 0.25) is 0 Å². The summed E-state index contributed by atoms with van der Waals surface area (Å²) in [5, 5.41) is 2.78. The molecule has 0 bridgehead atoms. The predicted octanol–water partition coefficient (Wildman–Crippen LogP) is 1.10. The Kier molecular flexibility index (Phi) is 3.23. The van der Waals surface area contributed by atoms with Crippen molar-refractivity contribution in [3.8, 4) is 0 Å². The molecule has 100 valence electrons. The lowest BCUT2D eigenvalue weighted by Gasteiger charge is -2.33. The summed E-state index contributed by atoms with van der Waals surface area (Å²) in [6, 6.07) is 8.30. The fourth-order valence-corrected chi connectivity index (χ4v) is 2.89. The van der Waals surface area contributed by atoms with Gasteiger partial charge in [-0.2, -0.15) is 0 Å². The highest BCUT2D eigenvalue weighted by molar-refractivity contribution is 5.84. The van der Waals surface area contributed by atoms with Gasteiger partial charge >= 0.3 is 0 Å². The molecule has 1 saturated heterocycles. The van der Waals surface area contributed by atoms with Gasteiger partial charge in [-0.1, -0.05) is 24.3 Å². The molecule has 0 aliphatic carbocycles. The second kappa shape index (κ2) is 5.03. The Balaban J connectivity index is 1.67. The van der Waals surface area contributed by atoms with Crippen LogP contribution in [0.1, 0.15) is 24.0 Å². The number of hydrogen-bond acceptors (Lipinski definition) is 2. The monoisotopic (exact) mass is 258 g/mol. The Hall–Kier alpha value is -1.84. The molecule has 1 aromatic carbocycles. The second-order valence-corrected chi connectivity index (χ2v) is 5.32. The highest BCUT2D eigenvalue weighted by Crippen LogP contribution is 2.22. The lowest BCUT2D eigenvalue weighted by Crippen LogP contribution is -2.46. The number of carbonyl (C=O) groups excluding carboxylic acids is 2. The molecule has 4 heteroatoms. The molecule has 1 aromatic rings. The second-order valence-electron chi connectivity index (χ2n) is 5.32. The molecule has 1 fully saturated rings. The maximum absolute atomic E-state index is 12.4. The van der Waals surface area contributed by atoms with Gasteiger partial charge in [-0.3, -0.25) is 9.59 Å². The summed E-state index contributed by atoms with van der Waals surface area (Å²) in [5.41, 5.74) is 2.60. The number of nitrogens with one attached hydrogen (secondary N) is 1. The van der Waals surface area contributed by atoms with Crippen LogP contribution in [0.15, 0.2) is 24.3 Å². The van der Waals surface area contributed by atoms with Crippen molar-refractivity contribution in [2.45, 2.75) is 25.8 Å². The molecular weight excluding hydrogens is 240 g/mol. The van der Waals surface area contributed by atoms with E-state index < -0.39 is 0 Å². The molecule has 0 saturated carbocycles. The molecule has 0 radical (unpaired) electrons. The average molecular weight is 258 g/mol. The number of fused-ring (bicyclic) bond motifs is 1. The van der Waals surface area contributed by atoms with Gasteiger partial charge < -0.3 is 10.2 Å². The minimum atomic E-state index is -0.0389. The van der Waals surface area contributed by atoms with Crippen LogP contribution in [0.25, 0.3) is 0 Å². The van der Waals surface area contributed by atoms with Gasteiger partial charge in [0.25, 0.3) is 0 Å². The van der Waals surface area contributed by atoms with E-state index in [4.69, 9.17) is 0 Å². The van der Waals surface area contributed by atoms with E-state index in [1.807, 2.05) is 17.0 Å². The number of carbonyl (C=O) groups is 2. The average Bonchev–Trinajstić information content (AvgIpc) is 2.47. The summed E-state index contributed by atoms with van der Waals surface area (Å²) >= 11 is 0. The molecule has 2 aliphatic heterocycles. The molecule has 19 heavy (non-hydrogen) atoms. The number of piperidine rings is 1. The molecular formula is C15H18N2O2. The molecule has 1 N–H and O–H groups in total. The first-order valence-corrected chi connectivity index (χ1v) is 6.86. The Morgan fingerprint density at radius 1 is 1.21 bits per heavy atom. The highest BCUT2D eigenvalue weighted by atomic mass is 16.2. The third-order valence-electron chi connectivity index (χ3n) is 4.06. The van der Waals surface area contributed by atoms with Gasteiger partial charge in [0.2, 0.25) is 11.8 Å². The van der Waals surface area contributed by atoms with Gasteiger partial charge in [0.05, 0.1) is 5.92 Å². The first-order chi connectivity index (χ1) is 9.24. The van der Waals surface area contributed by atoms with Crippen molar-refractivity contribution in [3.63, 3.8) is 0 Å². The van der Waals surface area contributed by atoms with Gasteiger partial charge in [0, 0.05) is 26.1 Å². The molecule has 2 amide bonds. The lowest BCUT2D eigenvalue weighted by atomic mass is 9.94. The molecule has 0 aromatic heterocycles. The van der Waals surface area contributed by atoms with Crippen LogP contribution >= 0.6 is 0 Å². The maximum Gasteiger partial charge on any atom is 0.227 e. The van der Waals surface area contributed by atoms with Crippen LogP contribution in [-0.2, 0) is 22.6 Å². The van der Waals surface area contributed by atoms with Crippen molar-refractivity contribution < 1.29 is 9.59 Å². The lowest BCUT2D eigenvalue weighted by molar-refractivity contribution is -0.138. The fraction of sp³-hybridized carbons (Fsp3) is 0.467. The Morgan fingerprint density at radius 2 is 2.00 bits per heavy atom. The largest absolute Gasteiger partial charge is 0.355 e. The zero-order valence-electron chi connectivity index (χ0n) is 10.9. The Bertz CT molecular complexity index is 503. The van der Waals surface area contributed by atoms with E-state index in [2.05, 4.69) is 17.4 Å². The molecule has 0 spiro atoms. The third kappa shape index (κ3) is 2.48. The van der Waals surface area contributed by atoms with Crippen molar-refractivity contribution in [1.29, 1.82) is 0 Å². The molecule has 3 rings (SSSR count). The van der Waals surface area contributed by atoms with Crippen molar-refractivity contribution in [2.75, 3.05) is 13.1 Å². The molecule has 4 nitrogen and oxygen atoms in total. The van der Waals surface area contributed by atoms with Crippen LogP contribution in [-0.4, -0.2) is 29.8 Å². The number of nitrogens with zero attached hydrogens (tertiary/aromatic N) is 1. The van der Waals surface area contributed by atoms with Gasteiger partial charge in [-0.25, -0.2) is 0 Å². The molecule has 2 aliphatic rings. The highest BCUT2D eigenvalue weighted by Gasteiger charge is 2.29. The van der Waals surface area contributed by atoms with Crippen LogP contribution < -0.4 is 5.32 Å². The Morgan fingerprint density at radius 3 is 2.74 bits per heavy atom. The Labute approximate surface area is 112 Å². The standard InChI is InChI=1S/C15H18N2O2/c18-14-6-5-12(9-16-14)15(19)17-8-7-11-3-1-2-4-13(11)10-17/h1-4,12H,5-10H2,(H,16,18)/t12-/m1/s1. The summed E-state index contributed by atoms with van der Waals surface area (Å²) in [6.45, 7) is 2.00. The molecule has 0 unspecified atom stereocenters. The van der Waals surface area contributed by atoms with E-state index in [0.29, 0.717) is 25.9 Å². The van der Waals surface area contributed by atoms with Crippen LogP contribution in [0.3, 0.4) is 0 Å². The van der Waals surface area contributed by atoms with E-state index >= 15 is 0 Å². The SMILES string of the molecule is O=C1CC[C@@H](C(=O)N2CCc3ccccc3C2)CN1. The van der Waals surface area contributed by atoms with E-state index in [0.717, 1.165) is 13.0 Å². The predicted molar refractivity (Wildman–Crippen MR) is 71.3 cm³/mol. The van der Waals surface area contributed by atoms with Crippen LogP contribution in [0.5, 0.6) is 0 Å². The first-order valence-electron chi connectivity index (χ1n) is 6.86. The smallest absolute Gasteiger partial charge is 0.227 e. The quantitative estimate of drug-likeness (QED) is 0.820. The summed E-state index contributed by atoms with van der Waals surface area (Å²) in [5.74, 6) is 0.213. The van der Waals surface area contributed by atoms with Gasteiger partial charge in [-0.15, -0.1) is 0 Å². The fourth-order valence-electron chi connectivity index (χ4n) is 2.89. The van der Waals surface area contributed by atoms with Crippen molar-refractivity contribution in [3.05, 3.63) is 35.4 Å². The van der Waals surface area contributed by atoms with Gasteiger partial charge in [-0.05, 0) is 24.0 Å². The van der Waals surface area contributed by atoms with Gasteiger partial charge in [0.1, 0.15) is 0 Å². The number of rotatable bonds is 1. The van der Waals surface area contributed by atoms with Crippen molar-refractivity contribution >= 4 is 11.8 Å². The summed E-state index contributed by atoms with van der Waals surface area (Å²) in [7, 11) is 0. The minimum Gasteiger partial charge on any atom is -0.355 e. The first kappa shape index (κ1) is 12.2. The number of benzene rings is 1. The van der Waals surface area contributed by atoms with E-state index in [1.54, 1.807) is 0 Å². The third-order valence-corrected chi connectivity index (χ3v) is 4.06. The maximum atomic E-state index is 12.4.